The Morgan fingerprint density at radius 3 is 0.681 bits per heavy atom. The van der Waals surface area contributed by atoms with Crippen LogP contribution in [-0.2, 0) is 0 Å². The summed E-state index contributed by atoms with van der Waals surface area (Å²) in [6.07, 6.45) is 10.6. The molecule has 0 unspecified atom stereocenters. The summed E-state index contributed by atoms with van der Waals surface area (Å²) in [5.41, 5.74) is 11.1. The van der Waals surface area contributed by atoms with E-state index in [-0.39, 0.29) is 0 Å². The summed E-state index contributed by atoms with van der Waals surface area (Å²) in [6, 6.07) is 47.7. The molecule has 0 saturated heterocycles. The van der Waals surface area contributed by atoms with E-state index in [1.54, 1.807) is 38.0 Å². The van der Waals surface area contributed by atoms with Gasteiger partial charge in [0, 0.05) is 0 Å². The average Bonchev–Trinajstić information content (AvgIpc) is 4.31. The minimum atomic E-state index is 0.353. The molecule has 0 atom stereocenters. The average molecular weight is 931 g/mol. The van der Waals surface area contributed by atoms with Crippen LogP contribution in [0.2, 0.25) is 0 Å². The molecule has 0 radical (unpaired) electrons. The number of imidazole rings is 6. The van der Waals surface area contributed by atoms with Crippen molar-refractivity contribution in [2.45, 2.75) is 0 Å². The number of fused-ring (bicyclic) bond motifs is 12. The van der Waals surface area contributed by atoms with E-state index in [4.69, 9.17) is 59.8 Å². The largest absolute Gasteiger partial charge is 0.282 e. The molecule has 7 aromatic carbocycles. The molecule has 0 N–H and O–H groups in total. The zero-order chi connectivity index (χ0) is 47.0. The molecule has 18 heteroatoms. The lowest BCUT2D eigenvalue weighted by Gasteiger charge is -2.20. The van der Waals surface area contributed by atoms with E-state index in [1.807, 2.05) is 173 Å². The molecule has 16 aromatic rings. The van der Waals surface area contributed by atoms with Crippen LogP contribution in [0.15, 0.2) is 184 Å². The Labute approximate surface area is 403 Å². The molecule has 0 aliphatic heterocycles. The molecule has 9 aromatic heterocycles. The summed E-state index contributed by atoms with van der Waals surface area (Å²) in [4.78, 5) is 62.6. The number of rotatable bonds is 6. The molecule has 18 nitrogen and oxygen atoms in total. The van der Waals surface area contributed by atoms with Gasteiger partial charge in [-0.2, -0.15) is 15.0 Å². The molecule has 0 saturated carbocycles. The summed E-state index contributed by atoms with van der Waals surface area (Å²) in [5, 5.41) is 1.76. The van der Waals surface area contributed by atoms with E-state index in [2.05, 4.69) is 0 Å². The molecule has 0 aliphatic rings. The second kappa shape index (κ2) is 14.5. The van der Waals surface area contributed by atoms with Crippen LogP contribution in [0.4, 0.5) is 0 Å². The summed E-state index contributed by atoms with van der Waals surface area (Å²) in [6.45, 7) is 0. The van der Waals surface area contributed by atoms with Gasteiger partial charge in [0.1, 0.15) is 38.0 Å². The van der Waals surface area contributed by atoms with Crippen LogP contribution in [0.1, 0.15) is 0 Å². The van der Waals surface area contributed by atoms with Gasteiger partial charge in [-0.1, -0.05) is 72.8 Å². The zero-order valence-electron chi connectivity index (χ0n) is 37.4. The Hall–Kier alpha value is -10.6. The van der Waals surface area contributed by atoms with Crippen molar-refractivity contribution in [3.05, 3.63) is 184 Å². The first-order valence-corrected chi connectivity index (χ1v) is 23.0. The van der Waals surface area contributed by atoms with Crippen LogP contribution in [0, 0.1) is 0 Å². The summed E-state index contributed by atoms with van der Waals surface area (Å²) in [5.74, 6) is 2.56. The van der Waals surface area contributed by atoms with Gasteiger partial charge in [0.15, 0.2) is 17.5 Å². The SMILES string of the molecule is c1ccc2c(c1)ncn2-c1nc(-n2cnc3ccccc32)c2c(n1)c1c(-n3cnc4ccccc43)nc(-n3cnc4ccccc43)nc1c1c(-n3cnc4ccccc43)nc(-n3cnc4ccccc43)nc21. The number of hydrogen-bond donors (Lipinski definition) is 0. The third-order valence-corrected chi connectivity index (χ3v) is 13.4. The minimum absolute atomic E-state index is 0.353. The lowest BCUT2D eigenvalue weighted by Crippen LogP contribution is -2.13. The van der Waals surface area contributed by atoms with Gasteiger partial charge in [0.05, 0.1) is 98.9 Å². The maximum absolute atomic E-state index is 5.62. The van der Waals surface area contributed by atoms with Crippen molar-refractivity contribution in [3.63, 3.8) is 0 Å². The maximum Gasteiger partial charge on any atom is 0.238 e. The molecule has 0 fully saturated rings. The van der Waals surface area contributed by atoms with E-state index in [0.29, 0.717) is 68.0 Å². The first kappa shape index (κ1) is 38.4. The highest BCUT2D eigenvalue weighted by Crippen LogP contribution is 2.42. The van der Waals surface area contributed by atoms with E-state index in [0.717, 1.165) is 66.2 Å². The van der Waals surface area contributed by atoms with Gasteiger partial charge >= 0.3 is 0 Å². The topological polar surface area (TPSA) is 184 Å². The maximum atomic E-state index is 5.62. The Morgan fingerprint density at radius 2 is 0.431 bits per heavy atom. The highest BCUT2D eigenvalue weighted by Gasteiger charge is 2.30. The second-order valence-corrected chi connectivity index (χ2v) is 17.3. The molecular weight excluding hydrogens is 901 g/mol. The normalized spacial score (nSPS) is 12.2. The standard InChI is InChI=1S/C54H30N18/c1-7-19-37-31(13-1)55-25-67(37)49-43-46(61-52(64-49)70-28-58-34-16-4-10-22-40(34)70)44-48(63-54(72-30-60-36-18-6-12-24-42(36)72)66-50(44)68-26-56-32-14-2-8-20-38(32)68)45-47(43)62-53(71-29-59-35-17-5-11-23-41(35)71)65-51(45)69-27-57-33-15-3-9-21-39(33)69/h1-30H. The first-order chi connectivity index (χ1) is 35.7. The molecule has 9 heterocycles. The number of hydrogen-bond acceptors (Lipinski definition) is 12. The molecular formula is C54H30N18. The van der Waals surface area contributed by atoms with Crippen LogP contribution in [0.5, 0.6) is 0 Å². The van der Waals surface area contributed by atoms with Gasteiger partial charge in [-0.3, -0.25) is 27.4 Å². The predicted octanol–water partition coefficient (Wildman–Crippen LogP) is 9.55. The van der Waals surface area contributed by atoms with E-state index in [9.17, 15) is 0 Å². The minimum Gasteiger partial charge on any atom is -0.282 e. The molecule has 72 heavy (non-hydrogen) atoms. The van der Waals surface area contributed by atoms with Crippen molar-refractivity contribution in [2.75, 3.05) is 0 Å². The van der Waals surface area contributed by atoms with Crippen LogP contribution < -0.4 is 0 Å². The molecule has 336 valence electrons. The highest BCUT2D eigenvalue weighted by molar-refractivity contribution is 6.27. The van der Waals surface area contributed by atoms with Crippen molar-refractivity contribution in [1.82, 2.24) is 87.2 Å². The summed E-state index contributed by atoms with van der Waals surface area (Å²) < 4.78 is 11.7. The van der Waals surface area contributed by atoms with Gasteiger partial charge < -0.3 is 0 Å². The number of aromatic nitrogens is 18. The van der Waals surface area contributed by atoms with Gasteiger partial charge in [0.2, 0.25) is 17.8 Å². The number of nitrogens with zero attached hydrogens (tertiary/aromatic N) is 18. The van der Waals surface area contributed by atoms with Crippen molar-refractivity contribution in [3.8, 4) is 35.3 Å². The van der Waals surface area contributed by atoms with Crippen molar-refractivity contribution in [2.24, 2.45) is 0 Å². The Bertz CT molecular complexity index is 4400. The highest BCUT2D eigenvalue weighted by atomic mass is 15.3. The van der Waals surface area contributed by atoms with E-state index < -0.39 is 0 Å². The van der Waals surface area contributed by atoms with E-state index in [1.165, 1.54) is 0 Å². The third-order valence-electron chi connectivity index (χ3n) is 13.4. The Morgan fingerprint density at radius 1 is 0.222 bits per heavy atom. The smallest absolute Gasteiger partial charge is 0.238 e. The Balaban J connectivity index is 1.19. The number of benzene rings is 7. The zero-order valence-corrected chi connectivity index (χ0v) is 37.4. The first-order valence-electron chi connectivity index (χ1n) is 23.0. The van der Waals surface area contributed by atoms with Crippen molar-refractivity contribution < 1.29 is 0 Å². The van der Waals surface area contributed by atoms with Crippen LogP contribution in [-0.4, -0.2) is 87.2 Å². The summed E-state index contributed by atoms with van der Waals surface area (Å²) in [7, 11) is 0. The van der Waals surface area contributed by atoms with Crippen LogP contribution in [0.25, 0.3) is 134 Å². The molecule has 0 aliphatic carbocycles. The molecule has 16 rings (SSSR count). The van der Waals surface area contributed by atoms with Gasteiger partial charge in [-0.15, -0.1) is 0 Å². The molecule has 0 bridgehead atoms. The Kier molecular flexibility index (Phi) is 7.70. The quantitative estimate of drug-likeness (QED) is 0.144. The lowest BCUT2D eigenvalue weighted by molar-refractivity contribution is 0.917. The van der Waals surface area contributed by atoms with Gasteiger partial charge in [-0.05, 0) is 72.8 Å². The molecule has 0 spiro atoms. The number of para-hydroxylation sites is 12. The van der Waals surface area contributed by atoms with Crippen molar-refractivity contribution >= 4 is 98.9 Å². The summed E-state index contributed by atoms with van der Waals surface area (Å²) >= 11 is 0. The van der Waals surface area contributed by atoms with Crippen molar-refractivity contribution in [1.29, 1.82) is 0 Å². The van der Waals surface area contributed by atoms with Crippen LogP contribution in [0.3, 0.4) is 0 Å². The van der Waals surface area contributed by atoms with Crippen LogP contribution >= 0.6 is 0 Å². The lowest BCUT2D eigenvalue weighted by atomic mass is 10.0. The fourth-order valence-electron chi connectivity index (χ4n) is 10.1. The molecule has 0 amide bonds. The fraction of sp³-hybridized carbons (Fsp3) is 0. The third kappa shape index (κ3) is 5.41. The van der Waals surface area contributed by atoms with Gasteiger partial charge in [-0.25, -0.2) is 44.9 Å². The monoisotopic (exact) mass is 930 g/mol. The predicted molar refractivity (Wildman–Crippen MR) is 273 cm³/mol. The van der Waals surface area contributed by atoms with Gasteiger partial charge in [0.25, 0.3) is 0 Å². The fourth-order valence-corrected chi connectivity index (χ4v) is 10.1. The second-order valence-electron chi connectivity index (χ2n) is 17.3. The van der Waals surface area contributed by atoms with E-state index >= 15 is 0 Å².